The van der Waals surface area contributed by atoms with Gasteiger partial charge in [-0.3, -0.25) is 4.79 Å². The zero-order valence-electron chi connectivity index (χ0n) is 10.7. The second-order valence-electron chi connectivity index (χ2n) is 4.12. The fourth-order valence-corrected chi connectivity index (χ4v) is 1.60. The van der Waals surface area contributed by atoms with Gasteiger partial charge in [0, 0.05) is 11.3 Å². The summed E-state index contributed by atoms with van der Waals surface area (Å²) in [5.41, 5.74) is 2.24. The highest BCUT2D eigenvalue weighted by molar-refractivity contribution is 5.92. The maximum Gasteiger partial charge on any atom is 0.238 e. The quantitative estimate of drug-likeness (QED) is 0.914. The second kappa shape index (κ2) is 5.36. The lowest BCUT2D eigenvalue weighted by molar-refractivity contribution is -0.115. The van der Waals surface area contributed by atoms with Crippen molar-refractivity contribution >= 4 is 11.6 Å². The fourth-order valence-electron chi connectivity index (χ4n) is 1.60. The number of hydrogen-bond donors (Lipinski definition) is 1. The van der Waals surface area contributed by atoms with Crippen LogP contribution in [0.25, 0.3) is 11.5 Å². The average molecular weight is 255 g/mol. The van der Waals surface area contributed by atoms with Crippen LogP contribution in [-0.2, 0) is 4.79 Å². The van der Waals surface area contributed by atoms with Crippen LogP contribution in [0.5, 0.6) is 0 Å². The van der Waals surface area contributed by atoms with Gasteiger partial charge in [-0.2, -0.15) is 5.26 Å². The van der Waals surface area contributed by atoms with Crippen LogP contribution in [0.1, 0.15) is 17.9 Å². The minimum atomic E-state index is -0.334. The number of carbonyl (C=O) groups is 1. The number of amides is 1. The van der Waals surface area contributed by atoms with Gasteiger partial charge in [-0.15, -0.1) is 0 Å². The van der Waals surface area contributed by atoms with E-state index in [2.05, 4.69) is 10.3 Å². The van der Waals surface area contributed by atoms with E-state index < -0.39 is 0 Å². The fraction of sp³-hybridized carbons (Fsp3) is 0.214. The Balaban J connectivity index is 2.24. The van der Waals surface area contributed by atoms with Crippen molar-refractivity contribution in [3.8, 4) is 17.5 Å². The molecule has 5 nitrogen and oxygen atoms in total. The van der Waals surface area contributed by atoms with Crippen molar-refractivity contribution in [3.05, 3.63) is 35.7 Å². The summed E-state index contributed by atoms with van der Waals surface area (Å²) >= 11 is 0. The first-order valence-corrected chi connectivity index (χ1v) is 5.81. The predicted molar refractivity (Wildman–Crippen MR) is 70.3 cm³/mol. The van der Waals surface area contributed by atoms with E-state index in [4.69, 9.17) is 9.68 Å². The van der Waals surface area contributed by atoms with Gasteiger partial charge >= 0.3 is 0 Å². The molecule has 0 atom stereocenters. The Morgan fingerprint density at radius 1 is 1.47 bits per heavy atom. The first-order chi connectivity index (χ1) is 9.10. The number of aryl methyl sites for hydroxylation is 2. The molecule has 5 heteroatoms. The smallest absolute Gasteiger partial charge is 0.238 e. The van der Waals surface area contributed by atoms with Gasteiger partial charge in [0.05, 0.1) is 11.8 Å². The molecule has 1 aromatic heterocycles. The summed E-state index contributed by atoms with van der Waals surface area (Å²) in [5, 5.41) is 11.1. The SMILES string of the molecule is Cc1nc(-c2cccc(NC(=O)CC#N)c2)oc1C. The predicted octanol–water partition coefficient (Wildman–Crippen LogP) is 2.81. The third-order valence-corrected chi connectivity index (χ3v) is 2.66. The highest BCUT2D eigenvalue weighted by Crippen LogP contribution is 2.24. The zero-order chi connectivity index (χ0) is 13.8. The first-order valence-electron chi connectivity index (χ1n) is 5.81. The standard InChI is InChI=1S/C14H13N3O2/c1-9-10(2)19-14(16-9)11-4-3-5-12(8-11)17-13(18)6-7-15/h3-5,8H,6H2,1-2H3,(H,17,18). The summed E-state index contributed by atoms with van der Waals surface area (Å²) in [5.74, 6) is 0.958. The van der Waals surface area contributed by atoms with E-state index in [1.807, 2.05) is 19.9 Å². The molecule has 0 spiro atoms. The molecule has 1 amide bonds. The monoisotopic (exact) mass is 255 g/mol. The minimum absolute atomic E-state index is 0.165. The van der Waals surface area contributed by atoms with Crippen LogP contribution in [0, 0.1) is 25.2 Å². The molecule has 0 aliphatic rings. The van der Waals surface area contributed by atoms with Crippen LogP contribution in [0.3, 0.4) is 0 Å². The maximum atomic E-state index is 11.3. The molecule has 2 aromatic rings. The molecule has 0 saturated carbocycles. The summed E-state index contributed by atoms with van der Waals surface area (Å²) in [6.07, 6.45) is -0.165. The highest BCUT2D eigenvalue weighted by Gasteiger charge is 2.09. The largest absolute Gasteiger partial charge is 0.441 e. The van der Waals surface area contributed by atoms with E-state index in [0.717, 1.165) is 17.0 Å². The van der Waals surface area contributed by atoms with Crippen molar-refractivity contribution in [2.24, 2.45) is 0 Å². The van der Waals surface area contributed by atoms with E-state index >= 15 is 0 Å². The number of benzene rings is 1. The lowest BCUT2D eigenvalue weighted by atomic mass is 10.2. The van der Waals surface area contributed by atoms with E-state index in [9.17, 15) is 4.79 Å². The van der Waals surface area contributed by atoms with Crippen molar-refractivity contribution in [1.82, 2.24) is 4.98 Å². The molecule has 0 radical (unpaired) electrons. The number of nitrogens with zero attached hydrogens (tertiary/aromatic N) is 2. The topological polar surface area (TPSA) is 78.9 Å². The third kappa shape index (κ3) is 2.99. The minimum Gasteiger partial charge on any atom is -0.441 e. The van der Waals surface area contributed by atoms with Gasteiger partial charge in [0.15, 0.2) is 0 Å². The number of anilines is 1. The Hall–Kier alpha value is -2.61. The Kier molecular flexibility index (Phi) is 3.62. The molecule has 0 aliphatic carbocycles. The van der Waals surface area contributed by atoms with Crippen LogP contribution in [0.4, 0.5) is 5.69 Å². The summed E-state index contributed by atoms with van der Waals surface area (Å²) < 4.78 is 5.53. The molecular formula is C14H13N3O2. The Bertz CT molecular complexity index is 633. The van der Waals surface area contributed by atoms with Crippen molar-refractivity contribution < 1.29 is 9.21 Å². The molecule has 2 rings (SSSR count). The first kappa shape index (κ1) is 12.8. The number of oxazole rings is 1. The average Bonchev–Trinajstić information content (AvgIpc) is 2.70. The van der Waals surface area contributed by atoms with Gasteiger partial charge in [-0.05, 0) is 32.0 Å². The molecule has 0 bridgehead atoms. The van der Waals surface area contributed by atoms with Crippen LogP contribution < -0.4 is 5.32 Å². The number of nitriles is 1. The van der Waals surface area contributed by atoms with Crippen LogP contribution >= 0.6 is 0 Å². The van der Waals surface area contributed by atoms with Crippen LogP contribution in [0.2, 0.25) is 0 Å². The van der Waals surface area contributed by atoms with Gasteiger partial charge in [-0.25, -0.2) is 4.98 Å². The second-order valence-corrected chi connectivity index (χ2v) is 4.12. The van der Waals surface area contributed by atoms with Crippen LogP contribution in [-0.4, -0.2) is 10.9 Å². The molecule has 0 aliphatic heterocycles. The maximum absolute atomic E-state index is 11.3. The molecule has 0 unspecified atom stereocenters. The summed E-state index contributed by atoms with van der Waals surface area (Å²) in [6, 6.07) is 8.97. The van der Waals surface area contributed by atoms with E-state index in [1.165, 1.54) is 0 Å². The molecule has 0 saturated heterocycles. The van der Waals surface area contributed by atoms with Crippen molar-refractivity contribution in [1.29, 1.82) is 5.26 Å². The molecule has 0 fully saturated rings. The van der Waals surface area contributed by atoms with Crippen molar-refractivity contribution in [3.63, 3.8) is 0 Å². The van der Waals surface area contributed by atoms with Gasteiger partial charge < -0.3 is 9.73 Å². The Morgan fingerprint density at radius 3 is 2.89 bits per heavy atom. The number of rotatable bonds is 3. The van der Waals surface area contributed by atoms with Gasteiger partial charge in [-0.1, -0.05) is 6.07 Å². The number of hydrogen-bond acceptors (Lipinski definition) is 4. The highest BCUT2D eigenvalue weighted by atomic mass is 16.4. The Labute approximate surface area is 110 Å². The summed E-state index contributed by atoms with van der Waals surface area (Å²) in [7, 11) is 0. The van der Waals surface area contributed by atoms with Gasteiger partial charge in [0.25, 0.3) is 0 Å². The normalized spacial score (nSPS) is 9.95. The van der Waals surface area contributed by atoms with Crippen molar-refractivity contribution in [2.75, 3.05) is 5.32 Å². The van der Waals surface area contributed by atoms with E-state index in [0.29, 0.717) is 11.6 Å². The lowest BCUT2D eigenvalue weighted by Gasteiger charge is -2.03. The number of aromatic nitrogens is 1. The van der Waals surface area contributed by atoms with E-state index in [-0.39, 0.29) is 12.3 Å². The lowest BCUT2D eigenvalue weighted by Crippen LogP contribution is -2.09. The molecule has 1 heterocycles. The molecule has 1 aromatic carbocycles. The van der Waals surface area contributed by atoms with Gasteiger partial charge in [0.1, 0.15) is 12.2 Å². The molecule has 96 valence electrons. The van der Waals surface area contributed by atoms with Crippen LogP contribution in [0.15, 0.2) is 28.7 Å². The molecule has 19 heavy (non-hydrogen) atoms. The molecule has 1 N–H and O–H groups in total. The summed E-state index contributed by atoms with van der Waals surface area (Å²) in [6.45, 7) is 3.73. The van der Waals surface area contributed by atoms with E-state index in [1.54, 1.807) is 24.3 Å². The molecular weight excluding hydrogens is 242 g/mol. The van der Waals surface area contributed by atoms with Gasteiger partial charge in [0.2, 0.25) is 11.8 Å². The summed E-state index contributed by atoms with van der Waals surface area (Å²) in [4.78, 5) is 15.7. The third-order valence-electron chi connectivity index (χ3n) is 2.66. The zero-order valence-corrected chi connectivity index (χ0v) is 10.7. The Morgan fingerprint density at radius 2 is 2.26 bits per heavy atom. The van der Waals surface area contributed by atoms with Crippen molar-refractivity contribution in [2.45, 2.75) is 20.3 Å². The number of carbonyl (C=O) groups excluding carboxylic acids is 1. The number of nitrogens with one attached hydrogen (secondary N) is 1.